The lowest BCUT2D eigenvalue weighted by Crippen LogP contribution is -2.48. The maximum atomic E-state index is 12.7. The predicted molar refractivity (Wildman–Crippen MR) is 116 cm³/mol. The Balaban J connectivity index is 1.34. The van der Waals surface area contributed by atoms with Gasteiger partial charge in [0.15, 0.2) is 0 Å². The van der Waals surface area contributed by atoms with Crippen LogP contribution in [0, 0.1) is 0 Å². The number of hydrogen-bond donors (Lipinski definition) is 2. The molecule has 3 aromatic rings. The third kappa shape index (κ3) is 5.16. The first-order chi connectivity index (χ1) is 15.1. The zero-order valence-electron chi connectivity index (χ0n) is 16.9. The SMILES string of the molecule is NC(=O)c1ccc(Oc2ccc(C(=O)NC3CCCN(c4ncccn4)C3)cc2)cc1. The van der Waals surface area contributed by atoms with Gasteiger partial charge in [-0.1, -0.05) is 0 Å². The molecule has 0 spiro atoms. The van der Waals surface area contributed by atoms with Gasteiger partial charge in [0.05, 0.1) is 0 Å². The van der Waals surface area contributed by atoms with Crippen LogP contribution < -0.4 is 20.7 Å². The van der Waals surface area contributed by atoms with Crippen molar-refractivity contribution in [2.45, 2.75) is 18.9 Å². The van der Waals surface area contributed by atoms with E-state index < -0.39 is 5.91 Å². The normalized spacial score (nSPS) is 15.9. The second kappa shape index (κ2) is 9.25. The molecule has 1 saturated heterocycles. The molecule has 3 N–H and O–H groups in total. The number of nitrogens with two attached hydrogens (primary N) is 1. The molecule has 158 valence electrons. The predicted octanol–water partition coefficient (Wildman–Crippen LogP) is 2.77. The lowest BCUT2D eigenvalue weighted by Gasteiger charge is -2.33. The molecular weight excluding hydrogens is 394 g/mol. The van der Waals surface area contributed by atoms with Crippen molar-refractivity contribution < 1.29 is 14.3 Å². The lowest BCUT2D eigenvalue weighted by atomic mass is 10.1. The summed E-state index contributed by atoms with van der Waals surface area (Å²) in [6.45, 7) is 1.56. The highest BCUT2D eigenvalue weighted by Gasteiger charge is 2.23. The molecule has 2 heterocycles. The number of ether oxygens (including phenoxy) is 1. The zero-order chi connectivity index (χ0) is 21.6. The number of rotatable bonds is 6. The number of nitrogens with one attached hydrogen (secondary N) is 1. The van der Waals surface area contributed by atoms with Gasteiger partial charge in [-0.3, -0.25) is 9.59 Å². The number of carbonyl (C=O) groups excluding carboxylic acids is 2. The van der Waals surface area contributed by atoms with Crippen LogP contribution in [0.4, 0.5) is 5.95 Å². The molecule has 1 fully saturated rings. The Hall–Kier alpha value is -3.94. The van der Waals surface area contributed by atoms with E-state index >= 15 is 0 Å². The Kier molecular flexibility index (Phi) is 6.07. The van der Waals surface area contributed by atoms with E-state index in [0.717, 1.165) is 19.4 Å². The molecule has 1 aromatic heterocycles. The Bertz CT molecular complexity index is 1040. The van der Waals surface area contributed by atoms with Crippen molar-refractivity contribution >= 4 is 17.8 Å². The summed E-state index contributed by atoms with van der Waals surface area (Å²) >= 11 is 0. The second-order valence-electron chi connectivity index (χ2n) is 7.32. The molecule has 0 saturated carbocycles. The molecule has 8 nitrogen and oxygen atoms in total. The van der Waals surface area contributed by atoms with Crippen molar-refractivity contribution in [1.29, 1.82) is 0 Å². The third-order valence-corrected chi connectivity index (χ3v) is 5.08. The molecule has 0 aliphatic carbocycles. The molecule has 31 heavy (non-hydrogen) atoms. The number of hydrogen-bond acceptors (Lipinski definition) is 6. The van der Waals surface area contributed by atoms with Crippen molar-refractivity contribution in [2.24, 2.45) is 5.73 Å². The molecule has 1 unspecified atom stereocenters. The number of piperidine rings is 1. The largest absolute Gasteiger partial charge is 0.457 e. The molecule has 4 rings (SSSR count). The third-order valence-electron chi connectivity index (χ3n) is 5.08. The van der Waals surface area contributed by atoms with E-state index in [-0.39, 0.29) is 11.9 Å². The monoisotopic (exact) mass is 417 g/mol. The van der Waals surface area contributed by atoms with Crippen LogP contribution in [0.25, 0.3) is 0 Å². The highest BCUT2D eigenvalue weighted by atomic mass is 16.5. The molecule has 0 radical (unpaired) electrons. The summed E-state index contributed by atoms with van der Waals surface area (Å²) in [6.07, 6.45) is 5.32. The van der Waals surface area contributed by atoms with Gasteiger partial charge < -0.3 is 20.7 Å². The smallest absolute Gasteiger partial charge is 0.251 e. The van der Waals surface area contributed by atoms with Crippen molar-refractivity contribution in [2.75, 3.05) is 18.0 Å². The van der Waals surface area contributed by atoms with Crippen molar-refractivity contribution in [3.05, 3.63) is 78.1 Å². The minimum absolute atomic E-state index is 0.0322. The number of carbonyl (C=O) groups is 2. The maximum absolute atomic E-state index is 12.7. The fourth-order valence-electron chi connectivity index (χ4n) is 3.50. The molecule has 1 aliphatic rings. The minimum Gasteiger partial charge on any atom is -0.457 e. The topological polar surface area (TPSA) is 110 Å². The van der Waals surface area contributed by atoms with E-state index in [1.54, 1.807) is 67.0 Å². The van der Waals surface area contributed by atoms with Gasteiger partial charge in [0.1, 0.15) is 11.5 Å². The number of anilines is 1. The molecular formula is C23H23N5O3. The average molecular weight is 417 g/mol. The van der Waals surface area contributed by atoms with Crippen LogP contribution in [-0.2, 0) is 0 Å². The van der Waals surface area contributed by atoms with Crippen molar-refractivity contribution in [3.63, 3.8) is 0 Å². The summed E-state index contributed by atoms with van der Waals surface area (Å²) in [5.74, 6) is 1.24. The summed E-state index contributed by atoms with van der Waals surface area (Å²) in [4.78, 5) is 34.5. The maximum Gasteiger partial charge on any atom is 0.251 e. The quantitative estimate of drug-likeness (QED) is 0.638. The van der Waals surface area contributed by atoms with Crippen LogP contribution in [0.3, 0.4) is 0 Å². The van der Waals surface area contributed by atoms with Gasteiger partial charge >= 0.3 is 0 Å². The number of benzene rings is 2. The summed E-state index contributed by atoms with van der Waals surface area (Å²) in [5.41, 5.74) is 6.22. The lowest BCUT2D eigenvalue weighted by molar-refractivity contribution is 0.0932. The van der Waals surface area contributed by atoms with Gasteiger partial charge in [-0.2, -0.15) is 0 Å². The van der Waals surface area contributed by atoms with Crippen LogP contribution in [-0.4, -0.2) is 40.9 Å². The number of aromatic nitrogens is 2. The molecule has 2 aromatic carbocycles. The number of nitrogens with zero attached hydrogens (tertiary/aromatic N) is 3. The van der Waals surface area contributed by atoms with Crippen molar-refractivity contribution in [3.8, 4) is 11.5 Å². The fraction of sp³-hybridized carbons (Fsp3) is 0.217. The van der Waals surface area contributed by atoms with Crippen LogP contribution in [0.2, 0.25) is 0 Å². The summed E-state index contributed by atoms with van der Waals surface area (Å²) in [6, 6.07) is 15.3. The number of amides is 2. The van der Waals surface area contributed by atoms with Gasteiger partial charge in [-0.05, 0) is 67.4 Å². The average Bonchev–Trinajstić information content (AvgIpc) is 2.81. The minimum atomic E-state index is -0.487. The van der Waals surface area contributed by atoms with Gasteiger partial charge in [0, 0.05) is 42.7 Å². The van der Waals surface area contributed by atoms with Crippen LogP contribution in [0.5, 0.6) is 11.5 Å². The Morgan fingerprint density at radius 2 is 1.58 bits per heavy atom. The van der Waals surface area contributed by atoms with E-state index in [4.69, 9.17) is 10.5 Å². The second-order valence-corrected chi connectivity index (χ2v) is 7.32. The molecule has 1 atom stereocenters. The Labute approximate surface area is 180 Å². The molecule has 2 amide bonds. The van der Waals surface area contributed by atoms with Gasteiger partial charge in [0.2, 0.25) is 11.9 Å². The van der Waals surface area contributed by atoms with Gasteiger partial charge in [-0.25, -0.2) is 9.97 Å². The van der Waals surface area contributed by atoms with E-state index in [0.29, 0.717) is 35.1 Å². The molecule has 8 heteroatoms. The Morgan fingerprint density at radius 1 is 0.968 bits per heavy atom. The summed E-state index contributed by atoms with van der Waals surface area (Å²) < 4.78 is 5.76. The fourth-order valence-corrected chi connectivity index (χ4v) is 3.50. The van der Waals surface area contributed by atoms with E-state index in [9.17, 15) is 9.59 Å². The first-order valence-electron chi connectivity index (χ1n) is 10.1. The van der Waals surface area contributed by atoms with Crippen molar-refractivity contribution in [1.82, 2.24) is 15.3 Å². The summed E-state index contributed by atoms with van der Waals surface area (Å²) in [7, 11) is 0. The first-order valence-corrected chi connectivity index (χ1v) is 10.1. The van der Waals surface area contributed by atoms with E-state index in [1.807, 2.05) is 0 Å². The molecule has 0 bridgehead atoms. The van der Waals surface area contributed by atoms with Gasteiger partial charge in [0.25, 0.3) is 5.91 Å². The van der Waals surface area contributed by atoms with Crippen LogP contribution in [0.15, 0.2) is 67.0 Å². The zero-order valence-corrected chi connectivity index (χ0v) is 16.9. The van der Waals surface area contributed by atoms with E-state index in [2.05, 4.69) is 20.2 Å². The highest BCUT2D eigenvalue weighted by molar-refractivity contribution is 5.94. The van der Waals surface area contributed by atoms with E-state index in [1.165, 1.54) is 0 Å². The Morgan fingerprint density at radius 3 is 2.19 bits per heavy atom. The summed E-state index contributed by atoms with van der Waals surface area (Å²) in [5, 5.41) is 3.10. The van der Waals surface area contributed by atoms with Crippen LogP contribution in [0.1, 0.15) is 33.6 Å². The standard InChI is InChI=1S/C23H23N5O3/c24-21(29)16-4-8-19(9-5-16)31-20-10-6-17(7-11-20)22(30)27-18-3-1-14-28(15-18)23-25-12-2-13-26-23/h2,4-13,18H,1,3,14-15H2,(H2,24,29)(H,27,30). The number of primary amides is 1. The van der Waals surface area contributed by atoms with Gasteiger partial charge in [-0.15, -0.1) is 0 Å². The highest BCUT2D eigenvalue weighted by Crippen LogP contribution is 2.22. The van der Waals surface area contributed by atoms with Crippen LogP contribution >= 0.6 is 0 Å². The first kappa shape index (κ1) is 20.3. The molecule has 1 aliphatic heterocycles.